The number of alkyl halides is 3. The molecule has 0 unspecified atom stereocenters. The van der Waals surface area contributed by atoms with E-state index in [2.05, 4.69) is 10.3 Å². The fourth-order valence-electron chi connectivity index (χ4n) is 1.51. The van der Waals surface area contributed by atoms with Gasteiger partial charge < -0.3 is 5.32 Å². The molecule has 2 aromatic rings. The summed E-state index contributed by atoms with van der Waals surface area (Å²) in [4.78, 5) is 4.59. The highest BCUT2D eigenvalue weighted by Crippen LogP contribution is 2.32. The Kier molecular flexibility index (Phi) is 4.16. The van der Waals surface area contributed by atoms with Crippen LogP contribution in [0.1, 0.15) is 16.0 Å². The van der Waals surface area contributed by atoms with Crippen LogP contribution in [0.4, 0.5) is 18.9 Å². The average molecular weight is 318 g/mol. The van der Waals surface area contributed by atoms with Crippen molar-refractivity contribution < 1.29 is 13.2 Å². The van der Waals surface area contributed by atoms with E-state index >= 15 is 0 Å². The molecule has 1 aromatic carbocycles. The van der Waals surface area contributed by atoms with E-state index in [1.54, 1.807) is 0 Å². The van der Waals surface area contributed by atoms with Gasteiger partial charge in [0.1, 0.15) is 6.07 Å². The van der Waals surface area contributed by atoms with Crippen LogP contribution in [0.5, 0.6) is 0 Å². The molecule has 8 heteroatoms. The third-order valence-electron chi connectivity index (χ3n) is 2.45. The molecule has 0 saturated heterocycles. The second kappa shape index (κ2) is 5.69. The number of nitrogens with one attached hydrogen (secondary N) is 1. The molecular formula is C12H7ClF3N3S. The summed E-state index contributed by atoms with van der Waals surface area (Å²) < 4.78 is 38.3. The maximum Gasteiger partial charge on any atom is 0.416 e. The molecule has 104 valence electrons. The van der Waals surface area contributed by atoms with Crippen molar-refractivity contribution in [2.45, 2.75) is 12.7 Å². The van der Waals surface area contributed by atoms with Crippen molar-refractivity contribution >= 4 is 28.6 Å². The number of halogens is 4. The highest BCUT2D eigenvalue weighted by molar-refractivity contribution is 7.15. The average Bonchev–Trinajstić information content (AvgIpc) is 2.80. The van der Waals surface area contributed by atoms with Crippen LogP contribution in [-0.4, -0.2) is 4.98 Å². The van der Waals surface area contributed by atoms with E-state index in [9.17, 15) is 13.2 Å². The number of rotatable bonds is 3. The maximum atomic E-state index is 12.6. The molecule has 1 N–H and O–H groups in total. The number of aromatic nitrogens is 1. The van der Waals surface area contributed by atoms with Gasteiger partial charge in [-0.15, -0.1) is 11.3 Å². The third-order valence-corrected chi connectivity index (χ3v) is 3.56. The Morgan fingerprint density at radius 2 is 2.15 bits per heavy atom. The van der Waals surface area contributed by atoms with Gasteiger partial charge in [-0.05, 0) is 18.2 Å². The second-order valence-corrected chi connectivity index (χ2v) is 5.50. The van der Waals surface area contributed by atoms with Gasteiger partial charge >= 0.3 is 6.18 Å². The van der Waals surface area contributed by atoms with Crippen LogP contribution < -0.4 is 5.32 Å². The summed E-state index contributed by atoms with van der Waals surface area (Å²) >= 11 is 6.88. The van der Waals surface area contributed by atoms with Gasteiger partial charge in [-0.1, -0.05) is 11.6 Å². The summed E-state index contributed by atoms with van der Waals surface area (Å²) in [5.41, 5.74) is -0.526. The predicted molar refractivity (Wildman–Crippen MR) is 70.6 cm³/mol. The number of nitriles is 1. The Morgan fingerprint density at radius 3 is 2.70 bits per heavy atom. The van der Waals surface area contributed by atoms with E-state index in [-0.39, 0.29) is 17.8 Å². The standard InChI is InChI=1S/C12H7ClF3N3S/c13-11-19-6-9(20-11)5-18-10-3-8(12(14,15)16)2-1-7(10)4-17/h1-3,6,18H,5H2. The van der Waals surface area contributed by atoms with Crippen molar-refractivity contribution in [3.8, 4) is 6.07 Å². The second-order valence-electron chi connectivity index (χ2n) is 3.80. The molecule has 0 fully saturated rings. The zero-order chi connectivity index (χ0) is 14.8. The predicted octanol–water partition coefficient (Wildman–Crippen LogP) is 4.30. The highest BCUT2D eigenvalue weighted by atomic mass is 35.5. The molecule has 0 atom stereocenters. The number of nitrogens with zero attached hydrogens (tertiary/aromatic N) is 2. The summed E-state index contributed by atoms with van der Waals surface area (Å²) in [7, 11) is 0. The topological polar surface area (TPSA) is 48.7 Å². The first-order chi connectivity index (χ1) is 9.40. The molecule has 0 aliphatic rings. The monoisotopic (exact) mass is 317 g/mol. The van der Waals surface area contributed by atoms with Gasteiger partial charge in [-0.3, -0.25) is 0 Å². The Bertz CT molecular complexity index is 661. The minimum Gasteiger partial charge on any atom is -0.379 e. The SMILES string of the molecule is N#Cc1ccc(C(F)(F)F)cc1NCc1cnc(Cl)s1. The minimum absolute atomic E-state index is 0.131. The molecular weight excluding hydrogens is 311 g/mol. The van der Waals surface area contributed by atoms with E-state index in [1.165, 1.54) is 17.5 Å². The van der Waals surface area contributed by atoms with Crippen molar-refractivity contribution in [2.24, 2.45) is 0 Å². The van der Waals surface area contributed by atoms with Crippen LogP contribution in [0.2, 0.25) is 4.47 Å². The molecule has 1 aromatic heterocycles. The minimum atomic E-state index is -4.45. The van der Waals surface area contributed by atoms with Crippen LogP contribution in [0.3, 0.4) is 0 Å². The zero-order valence-corrected chi connectivity index (χ0v) is 11.4. The van der Waals surface area contributed by atoms with Crippen molar-refractivity contribution in [3.05, 3.63) is 44.9 Å². The van der Waals surface area contributed by atoms with Crippen LogP contribution in [0.15, 0.2) is 24.4 Å². The van der Waals surface area contributed by atoms with Gasteiger partial charge in [0.25, 0.3) is 0 Å². The summed E-state index contributed by atoms with van der Waals surface area (Å²) in [6.07, 6.45) is -2.92. The van der Waals surface area contributed by atoms with E-state index in [1.807, 2.05) is 6.07 Å². The fourth-order valence-corrected chi connectivity index (χ4v) is 2.43. The number of hydrogen-bond acceptors (Lipinski definition) is 4. The lowest BCUT2D eigenvalue weighted by atomic mass is 10.1. The van der Waals surface area contributed by atoms with E-state index in [4.69, 9.17) is 16.9 Å². The van der Waals surface area contributed by atoms with Gasteiger partial charge in [0.2, 0.25) is 0 Å². The summed E-state index contributed by atoms with van der Waals surface area (Å²) in [5.74, 6) is 0. The quantitative estimate of drug-likeness (QED) is 0.918. The van der Waals surface area contributed by atoms with Crippen molar-refractivity contribution in [3.63, 3.8) is 0 Å². The highest BCUT2D eigenvalue weighted by Gasteiger charge is 2.31. The van der Waals surface area contributed by atoms with Crippen LogP contribution in [0.25, 0.3) is 0 Å². The molecule has 0 spiro atoms. The van der Waals surface area contributed by atoms with E-state index < -0.39 is 11.7 Å². The number of anilines is 1. The summed E-state index contributed by atoms with van der Waals surface area (Å²) in [6.45, 7) is 0.250. The van der Waals surface area contributed by atoms with E-state index in [0.29, 0.717) is 4.47 Å². The lowest BCUT2D eigenvalue weighted by Crippen LogP contribution is -2.07. The smallest absolute Gasteiger partial charge is 0.379 e. The number of thiazole rings is 1. The summed E-state index contributed by atoms with van der Waals surface area (Å²) in [6, 6.07) is 4.79. The third kappa shape index (κ3) is 3.40. The largest absolute Gasteiger partial charge is 0.416 e. The van der Waals surface area contributed by atoms with Crippen LogP contribution in [0, 0.1) is 11.3 Å². The van der Waals surface area contributed by atoms with Crippen molar-refractivity contribution in [1.82, 2.24) is 4.98 Å². The Hall–Kier alpha value is -1.78. The van der Waals surface area contributed by atoms with Gasteiger partial charge in [-0.25, -0.2) is 4.98 Å². The molecule has 0 radical (unpaired) electrons. The van der Waals surface area contributed by atoms with Gasteiger partial charge in [0.15, 0.2) is 4.47 Å². The first kappa shape index (κ1) is 14.6. The fraction of sp³-hybridized carbons (Fsp3) is 0.167. The summed E-state index contributed by atoms with van der Waals surface area (Å²) in [5, 5.41) is 11.7. The Morgan fingerprint density at radius 1 is 1.40 bits per heavy atom. The lowest BCUT2D eigenvalue weighted by Gasteiger charge is -2.11. The molecule has 20 heavy (non-hydrogen) atoms. The molecule has 0 aliphatic heterocycles. The molecule has 0 saturated carbocycles. The first-order valence-electron chi connectivity index (χ1n) is 5.35. The normalized spacial score (nSPS) is 11.2. The number of benzene rings is 1. The van der Waals surface area contributed by atoms with Crippen LogP contribution in [-0.2, 0) is 12.7 Å². The molecule has 0 aliphatic carbocycles. The maximum absolute atomic E-state index is 12.6. The Labute approximate surface area is 121 Å². The zero-order valence-electron chi connectivity index (χ0n) is 9.83. The number of hydrogen-bond donors (Lipinski definition) is 1. The van der Waals surface area contributed by atoms with Crippen LogP contribution >= 0.6 is 22.9 Å². The molecule has 2 rings (SSSR count). The first-order valence-corrected chi connectivity index (χ1v) is 6.55. The Balaban J connectivity index is 2.23. The van der Waals surface area contributed by atoms with Gasteiger partial charge in [0, 0.05) is 11.1 Å². The molecule has 0 amide bonds. The molecule has 1 heterocycles. The molecule has 0 bridgehead atoms. The van der Waals surface area contributed by atoms with Crippen molar-refractivity contribution in [2.75, 3.05) is 5.32 Å². The van der Waals surface area contributed by atoms with Gasteiger partial charge in [0.05, 0.1) is 23.4 Å². The van der Waals surface area contributed by atoms with Crippen molar-refractivity contribution in [1.29, 1.82) is 5.26 Å². The lowest BCUT2D eigenvalue weighted by molar-refractivity contribution is -0.137. The van der Waals surface area contributed by atoms with E-state index in [0.717, 1.165) is 23.1 Å². The van der Waals surface area contributed by atoms with Gasteiger partial charge in [-0.2, -0.15) is 18.4 Å². The molecule has 3 nitrogen and oxygen atoms in total.